The van der Waals surface area contributed by atoms with Crippen molar-refractivity contribution in [3.8, 4) is 0 Å². The molecule has 2 aromatic heterocycles. The predicted molar refractivity (Wildman–Crippen MR) is 83.4 cm³/mol. The smallest absolute Gasteiger partial charge is 0.0954 e. The number of hydrogen-bond acceptors (Lipinski definition) is 5. The molecule has 2 aromatic rings. The molecule has 4 nitrogen and oxygen atoms in total. The summed E-state index contributed by atoms with van der Waals surface area (Å²) in [4.78, 5) is 10.2. The van der Waals surface area contributed by atoms with Gasteiger partial charge in [-0.2, -0.15) is 0 Å². The molecule has 1 N–H and O–H groups in total. The molecule has 0 radical (unpaired) electrons. The average molecular weight is 291 g/mol. The Bertz CT molecular complexity index is 551. The lowest BCUT2D eigenvalue weighted by Crippen LogP contribution is -2.06. The van der Waals surface area contributed by atoms with Gasteiger partial charge in [0.25, 0.3) is 0 Å². The summed E-state index contributed by atoms with van der Waals surface area (Å²) >= 11 is 1.76. The molecule has 0 aliphatic rings. The first-order valence-corrected chi connectivity index (χ1v) is 7.56. The quantitative estimate of drug-likeness (QED) is 0.884. The van der Waals surface area contributed by atoms with Gasteiger partial charge in [0, 0.05) is 24.1 Å². The van der Waals surface area contributed by atoms with E-state index in [0.29, 0.717) is 0 Å². The highest BCUT2D eigenvalue weighted by molar-refractivity contribution is 7.11. The highest BCUT2D eigenvalue weighted by atomic mass is 32.1. The molecule has 20 heavy (non-hydrogen) atoms. The van der Waals surface area contributed by atoms with Gasteiger partial charge in [-0.15, -0.1) is 11.3 Å². The lowest BCUT2D eigenvalue weighted by Gasteiger charge is -2.14. The normalized spacial score (nSPS) is 12.4. The van der Waals surface area contributed by atoms with Crippen LogP contribution in [-0.4, -0.2) is 23.7 Å². The van der Waals surface area contributed by atoms with Crippen LogP contribution >= 0.6 is 11.3 Å². The van der Waals surface area contributed by atoms with E-state index in [1.54, 1.807) is 18.4 Å². The molecule has 5 heteroatoms. The topological polar surface area (TPSA) is 47.0 Å². The van der Waals surface area contributed by atoms with E-state index in [2.05, 4.69) is 35.2 Å². The van der Waals surface area contributed by atoms with Crippen molar-refractivity contribution < 1.29 is 4.74 Å². The molecule has 2 heterocycles. The molecular weight excluding hydrogens is 270 g/mol. The summed E-state index contributed by atoms with van der Waals surface area (Å²) in [6.07, 6.45) is 2.74. The van der Waals surface area contributed by atoms with Crippen molar-refractivity contribution in [1.29, 1.82) is 0 Å². The van der Waals surface area contributed by atoms with Gasteiger partial charge in [-0.3, -0.25) is 4.98 Å². The van der Waals surface area contributed by atoms with Crippen LogP contribution < -0.4 is 5.32 Å². The fourth-order valence-electron chi connectivity index (χ4n) is 2.03. The number of nitrogens with zero attached hydrogens (tertiary/aromatic N) is 2. The van der Waals surface area contributed by atoms with Crippen LogP contribution in [0.1, 0.15) is 34.2 Å². The summed E-state index contributed by atoms with van der Waals surface area (Å²) in [6.45, 7) is 6.92. The third-order valence-corrected chi connectivity index (χ3v) is 4.48. The predicted octanol–water partition coefficient (Wildman–Crippen LogP) is 3.52. The number of hydrogen-bond donors (Lipinski definition) is 1. The Balaban J connectivity index is 2.06. The van der Waals surface area contributed by atoms with Crippen LogP contribution in [0.5, 0.6) is 0 Å². The van der Waals surface area contributed by atoms with E-state index in [1.807, 2.05) is 19.2 Å². The number of rotatable bonds is 6. The fourth-order valence-corrected chi connectivity index (χ4v) is 3.08. The lowest BCUT2D eigenvalue weighted by molar-refractivity contribution is 0.202. The lowest BCUT2D eigenvalue weighted by atomic mass is 10.2. The minimum absolute atomic E-state index is 0.230. The van der Waals surface area contributed by atoms with Crippen molar-refractivity contribution in [2.75, 3.05) is 19.0 Å². The Hall–Kier alpha value is -1.46. The van der Waals surface area contributed by atoms with Gasteiger partial charge in [-0.1, -0.05) is 0 Å². The van der Waals surface area contributed by atoms with Crippen molar-refractivity contribution in [2.45, 2.75) is 33.2 Å². The van der Waals surface area contributed by atoms with Gasteiger partial charge < -0.3 is 10.1 Å². The van der Waals surface area contributed by atoms with Crippen molar-refractivity contribution in [3.63, 3.8) is 0 Å². The van der Waals surface area contributed by atoms with Gasteiger partial charge in [0.1, 0.15) is 0 Å². The molecule has 0 bridgehead atoms. The molecule has 0 saturated carbocycles. The van der Waals surface area contributed by atoms with Gasteiger partial charge >= 0.3 is 0 Å². The SMILES string of the molecule is COCCc1nc(C)c([C@H](C)Nc2ccc(C)nc2)s1. The second kappa shape index (κ2) is 6.81. The molecule has 0 saturated heterocycles. The van der Waals surface area contributed by atoms with Gasteiger partial charge in [-0.05, 0) is 32.9 Å². The van der Waals surface area contributed by atoms with E-state index in [1.165, 1.54) is 4.88 Å². The van der Waals surface area contributed by atoms with E-state index in [9.17, 15) is 0 Å². The largest absolute Gasteiger partial charge is 0.384 e. The maximum Gasteiger partial charge on any atom is 0.0954 e. The molecule has 0 aliphatic heterocycles. The van der Waals surface area contributed by atoms with Crippen LogP contribution in [0.15, 0.2) is 18.3 Å². The Morgan fingerprint density at radius 3 is 2.80 bits per heavy atom. The van der Waals surface area contributed by atoms with E-state index in [4.69, 9.17) is 4.74 Å². The molecule has 0 spiro atoms. The maximum atomic E-state index is 5.10. The van der Waals surface area contributed by atoms with Gasteiger partial charge in [0.15, 0.2) is 0 Å². The Morgan fingerprint density at radius 1 is 1.35 bits per heavy atom. The van der Waals surface area contributed by atoms with Gasteiger partial charge in [0.2, 0.25) is 0 Å². The molecule has 0 amide bonds. The maximum absolute atomic E-state index is 5.10. The highest BCUT2D eigenvalue weighted by Gasteiger charge is 2.14. The van der Waals surface area contributed by atoms with Crippen molar-refractivity contribution in [3.05, 3.63) is 39.6 Å². The Morgan fingerprint density at radius 2 is 2.15 bits per heavy atom. The minimum Gasteiger partial charge on any atom is -0.384 e. The summed E-state index contributed by atoms with van der Waals surface area (Å²) in [6, 6.07) is 4.30. The summed E-state index contributed by atoms with van der Waals surface area (Å²) in [5, 5.41) is 4.61. The monoisotopic (exact) mass is 291 g/mol. The molecule has 1 atom stereocenters. The summed E-state index contributed by atoms with van der Waals surface area (Å²) < 4.78 is 5.10. The second-order valence-corrected chi connectivity index (χ2v) is 5.97. The van der Waals surface area contributed by atoms with Gasteiger partial charge in [-0.25, -0.2) is 4.98 Å². The molecule has 0 aliphatic carbocycles. The zero-order chi connectivity index (χ0) is 14.5. The molecule has 0 aromatic carbocycles. The second-order valence-electron chi connectivity index (χ2n) is 4.85. The zero-order valence-electron chi connectivity index (χ0n) is 12.4. The number of thiazole rings is 1. The molecular formula is C15H21N3OS. The minimum atomic E-state index is 0.230. The van der Waals surface area contributed by atoms with Crippen LogP contribution in [0.3, 0.4) is 0 Å². The van der Waals surface area contributed by atoms with Crippen LogP contribution in [0.4, 0.5) is 5.69 Å². The van der Waals surface area contributed by atoms with Crippen LogP contribution in [0.2, 0.25) is 0 Å². The first-order valence-electron chi connectivity index (χ1n) is 6.74. The van der Waals surface area contributed by atoms with E-state index >= 15 is 0 Å². The fraction of sp³-hybridized carbons (Fsp3) is 0.467. The number of nitrogens with one attached hydrogen (secondary N) is 1. The summed E-state index contributed by atoms with van der Waals surface area (Å²) in [7, 11) is 1.72. The Kier molecular flexibility index (Phi) is 5.09. The third kappa shape index (κ3) is 3.77. The van der Waals surface area contributed by atoms with Gasteiger partial charge in [0.05, 0.1) is 35.2 Å². The zero-order valence-corrected chi connectivity index (χ0v) is 13.3. The van der Waals surface area contributed by atoms with Crippen molar-refractivity contribution in [1.82, 2.24) is 9.97 Å². The van der Waals surface area contributed by atoms with Crippen molar-refractivity contribution in [2.24, 2.45) is 0 Å². The van der Waals surface area contributed by atoms with Crippen LogP contribution in [0, 0.1) is 13.8 Å². The first kappa shape index (κ1) is 14.9. The number of anilines is 1. The molecule has 2 rings (SSSR count). The van der Waals surface area contributed by atoms with E-state index in [0.717, 1.165) is 35.1 Å². The molecule has 0 unspecified atom stereocenters. The highest BCUT2D eigenvalue weighted by Crippen LogP contribution is 2.28. The number of pyridine rings is 1. The number of aromatic nitrogens is 2. The van der Waals surface area contributed by atoms with E-state index < -0.39 is 0 Å². The van der Waals surface area contributed by atoms with Crippen molar-refractivity contribution >= 4 is 17.0 Å². The number of aryl methyl sites for hydroxylation is 2. The first-order chi connectivity index (χ1) is 9.60. The van der Waals surface area contributed by atoms with Crippen LogP contribution in [-0.2, 0) is 11.2 Å². The number of ether oxygens (including phenoxy) is 1. The molecule has 108 valence electrons. The average Bonchev–Trinajstić information content (AvgIpc) is 2.80. The standard InChI is InChI=1S/C15H21N3OS/c1-10-5-6-13(9-16-10)17-11(2)15-12(3)18-14(20-15)7-8-19-4/h5-6,9,11,17H,7-8H2,1-4H3/t11-/m0/s1. The number of methoxy groups -OCH3 is 1. The third-order valence-electron chi connectivity index (χ3n) is 3.08. The Labute approximate surface area is 124 Å². The summed E-state index contributed by atoms with van der Waals surface area (Å²) in [5.41, 5.74) is 3.16. The van der Waals surface area contributed by atoms with E-state index in [-0.39, 0.29) is 6.04 Å². The van der Waals surface area contributed by atoms with Crippen LogP contribution in [0.25, 0.3) is 0 Å². The molecule has 0 fully saturated rings. The summed E-state index contributed by atoms with van der Waals surface area (Å²) in [5.74, 6) is 0.